The van der Waals surface area contributed by atoms with Crippen molar-refractivity contribution >= 4 is 19.0 Å². The molecule has 22 heavy (non-hydrogen) atoms. The average molecular weight is 328 g/mol. The molecule has 0 bridgehead atoms. The molecule has 10 nitrogen and oxygen atoms in total. The molecule has 0 aliphatic carbocycles. The van der Waals surface area contributed by atoms with Crippen molar-refractivity contribution in [2.24, 2.45) is 0 Å². The highest BCUT2D eigenvalue weighted by atomic mass is 31.2. The highest BCUT2D eigenvalue weighted by molar-refractivity contribution is 7.47. The third-order valence-electron chi connectivity index (χ3n) is 3.78. The lowest BCUT2D eigenvalue weighted by molar-refractivity contribution is -0.0664. The minimum Gasteiger partial charge on any atom is -0.386 e. The van der Waals surface area contributed by atoms with Gasteiger partial charge in [-0.05, 0) is 6.92 Å². The van der Waals surface area contributed by atoms with Gasteiger partial charge in [-0.25, -0.2) is 19.5 Å². The van der Waals surface area contributed by atoms with Crippen LogP contribution in [0.3, 0.4) is 0 Å². The fourth-order valence-electron chi connectivity index (χ4n) is 2.72. The van der Waals surface area contributed by atoms with Crippen LogP contribution in [0.2, 0.25) is 0 Å². The molecular formula is C11H13N4O6P. The fourth-order valence-corrected chi connectivity index (χ4v) is 3.69. The zero-order chi connectivity index (χ0) is 15.5. The number of fused-ring (bicyclic) bond motifs is 2. The van der Waals surface area contributed by atoms with Gasteiger partial charge in [0.25, 0.3) is 0 Å². The van der Waals surface area contributed by atoms with Crippen LogP contribution in [0.5, 0.6) is 0 Å². The molecule has 2 aromatic heterocycles. The first-order valence-corrected chi connectivity index (χ1v) is 8.09. The van der Waals surface area contributed by atoms with Gasteiger partial charge in [-0.2, -0.15) is 0 Å². The molecule has 0 spiro atoms. The molecule has 2 saturated heterocycles. The van der Waals surface area contributed by atoms with Gasteiger partial charge in [0, 0.05) is 0 Å². The number of phosphoric ester groups is 1. The van der Waals surface area contributed by atoms with Crippen molar-refractivity contribution in [1.29, 1.82) is 0 Å². The molecule has 4 rings (SSSR count). The topological polar surface area (TPSA) is 129 Å². The minimum atomic E-state index is -4.14. The lowest BCUT2D eigenvalue weighted by Gasteiger charge is -2.27. The van der Waals surface area contributed by atoms with Crippen molar-refractivity contribution in [2.45, 2.75) is 31.5 Å². The predicted octanol–water partition coefficient (Wildman–Crippen LogP) is -0.0912. The molecule has 118 valence electrons. The number of hydrogen-bond donors (Lipinski definition) is 2. The first kappa shape index (κ1) is 14.2. The Balaban J connectivity index is 1.71. The van der Waals surface area contributed by atoms with Crippen molar-refractivity contribution in [3.63, 3.8) is 0 Å². The van der Waals surface area contributed by atoms with Gasteiger partial charge in [0.1, 0.15) is 30.2 Å². The molecule has 0 saturated carbocycles. The Morgan fingerprint density at radius 3 is 3.05 bits per heavy atom. The van der Waals surface area contributed by atoms with Gasteiger partial charge in [-0.1, -0.05) is 0 Å². The van der Waals surface area contributed by atoms with Crippen molar-refractivity contribution in [2.75, 3.05) is 6.61 Å². The van der Waals surface area contributed by atoms with Crippen molar-refractivity contribution in [3.8, 4) is 0 Å². The number of aromatic nitrogens is 4. The monoisotopic (exact) mass is 328 g/mol. The van der Waals surface area contributed by atoms with Gasteiger partial charge < -0.3 is 14.7 Å². The number of hydrogen-bond acceptors (Lipinski definition) is 8. The average Bonchev–Trinajstić information content (AvgIpc) is 3.01. The molecule has 4 heterocycles. The van der Waals surface area contributed by atoms with Gasteiger partial charge in [0.2, 0.25) is 0 Å². The fraction of sp³-hybridized carbons (Fsp3) is 0.545. The molecule has 2 unspecified atom stereocenters. The summed E-state index contributed by atoms with van der Waals surface area (Å²) in [5, 5.41) is 10.4. The third-order valence-corrected chi connectivity index (χ3v) is 4.77. The molecule has 5 atom stereocenters. The second kappa shape index (κ2) is 4.79. The second-order valence-corrected chi connectivity index (χ2v) is 6.58. The van der Waals surface area contributed by atoms with E-state index in [2.05, 4.69) is 15.0 Å². The van der Waals surface area contributed by atoms with Crippen LogP contribution in [0.1, 0.15) is 11.9 Å². The molecule has 2 aromatic rings. The Kier molecular flexibility index (Phi) is 3.09. The molecule has 0 aromatic carbocycles. The number of nitrogens with zero attached hydrogens (tertiary/aromatic N) is 4. The summed E-state index contributed by atoms with van der Waals surface area (Å²) < 4.78 is 28.3. The van der Waals surface area contributed by atoms with E-state index in [1.807, 2.05) is 0 Å². The van der Waals surface area contributed by atoms with E-state index in [1.165, 1.54) is 12.7 Å². The zero-order valence-corrected chi connectivity index (χ0v) is 12.3. The lowest BCUT2D eigenvalue weighted by atomic mass is 10.1. The van der Waals surface area contributed by atoms with Crippen molar-refractivity contribution < 1.29 is 28.3 Å². The van der Waals surface area contributed by atoms with Crippen LogP contribution in [0.25, 0.3) is 11.2 Å². The standard InChI is InChI=1S/C11H13N4O6P/c1-5-7-10(13-3-12-5)15(4-14-7)11-8(16)9-6(20-11)2-19-22(17,18)21-9/h3-4,6,8-9,11,16H,2H2,1H3,(H,17,18)/t6-,8+,9?,11+/m0/s1. The summed E-state index contributed by atoms with van der Waals surface area (Å²) in [7, 11) is -4.14. The van der Waals surface area contributed by atoms with Crippen LogP contribution in [0.15, 0.2) is 12.7 Å². The van der Waals surface area contributed by atoms with E-state index in [-0.39, 0.29) is 6.61 Å². The van der Waals surface area contributed by atoms with E-state index in [9.17, 15) is 14.6 Å². The Morgan fingerprint density at radius 1 is 1.41 bits per heavy atom. The van der Waals surface area contributed by atoms with E-state index in [0.717, 1.165) is 0 Å². The zero-order valence-electron chi connectivity index (χ0n) is 11.4. The Labute approximate surface area is 124 Å². The molecular weight excluding hydrogens is 315 g/mol. The number of imidazole rings is 1. The van der Waals surface area contributed by atoms with Crippen LogP contribution in [-0.2, 0) is 18.3 Å². The normalized spacial score (nSPS) is 38.3. The first-order valence-electron chi connectivity index (χ1n) is 6.60. The van der Waals surface area contributed by atoms with Gasteiger partial charge in [0.05, 0.1) is 18.6 Å². The van der Waals surface area contributed by atoms with E-state index in [1.54, 1.807) is 11.5 Å². The number of phosphoric acid groups is 1. The summed E-state index contributed by atoms with van der Waals surface area (Å²) in [6.45, 7) is 1.67. The van der Waals surface area contributed by atoms with Gasteiger partial charge in [-0.3, -0.25) is 13.6 Å². The lowest BCUT2D eigenvalue weighted by Crippen LogP contribution is -2.39. The molecule has 2 N–H and O–H groups in total. The molecule has 0 amide bonds. The Morgan fingerprint density at radius 2 is 2.23 bits per heavy atom. The molecule has 2 fully saturated rings. The van der Waals surface area contributed by atoms with Crippen molar-refractivity contribution in [3.05, 3.63) is 18.3 Å². The molecule has 11 heteroatoms. The molecule has 0 radical (unpaired) electrons. The summed E-state index contributed by atoms with van der Waals surface area (Å²) in [6.07, 6.45) is -0.703. The molecule has 2 aliphatic heterocycles. The van der Waals surface area contributed by atoms with E-state index < -0.39 is 32.4 Å². The highest BCUT2D eigenvalue weighted by Gasteiger charge is 2.52. The summed E-state index contributed by atoms with van der Waals surface area (Å²) in [6, 6.07) is 0. The van der Waals surface area contributed by atoms with Gasteiger partial charge in [-0.15, -0.1) is 0 Å². The number of rotatable bonds is 1. The smallest absolute Gasteiger partial charge is 0.386 e. The summed E-state index contributed by atoms with van der Waals surface area (Å²) >= 11 is 0. The maximum atomic E-state index is 11.5. The van der Waals surface area contributed by atoms with Crippen LogP contribution in [-0.4, -0.2) is 54.4 Å². The molecule has 2 aliphatic rings. The number of ether oxygens (including phenoxy) is 1. The van der Waals surface area contributed by atoms with E-state index in [4.69, 9.17) is 13.8 Å². The van der Waals surface area contributed by atoms with Gasteiger partial charge >= 0.3 is 7.82 Å². The third kappa shape index (κ3) is 2.08. The first-order chi connectivity index (χ1) is 10.5. The number of aliphatic hydroxyl groups excluding tert-OH is 1. The second-order valence-electron chi connectivity index (χ2n) is 5.17. The maximum absolute atomic E-state index is 11.5. The van der Waals surface area contributed by atoms with Crippen LogP contribution in [0, 0.1) is 6.92 Å². The quantitative estimate of drug-likeness (QED) is 0.690. The van der Waals surface area contributed by atoms with Crippen LogP contribution < -0.4 is 0 Å². The Hall–Kier alpha value is -1.42. The van der Waals surface area contributed by atoms with E-state index >= 15 is 0 Å². The van der Waals surface area contributed by atoms with E-state index in [0.29, 0.717) is 16.9 Å². The van der Waals surface area contributed by atoms with Crippen LogP contribution >= 0.6 is 7.82 Å². The van der Waals surface area contributed by atoms with Crippen LogP contribution in [0.4, 0.5) is 0 Å². The largest absolute Gasteiger partial charge is 0.472 e. The maximum Gasteiger partial charge on any atom is 0.472 e. The van der Waals surface area contributed by atoms with Gasteiger partial charge in [0.15, 0.2) is 11.9 Å². The summed E-state index contributed by atoms with van der Waals surface area (Å²) in [5.74, 6) is 0. The highest BCUT2D eigenvalue weighted by Crippen LogP contribution is 2.52. The number of aliphatic hydroxyl groups is 1. The Bertz CT molecular complexity index is 781. The number of aryl methyl sites for hydroxylation is 1. The summed E-state index contributed by atoms with van der Waals surface area (Å²) in [4.78, 5) is 21.8. The summed E-state index contributed by atoms with van der Waals surface area (Å²) in [5.41, 5.74) is 1.80. The predicted molar refractivity (Wildman–Crippen MR) is 70.6 cm³/mol. The van der Waals surface area contributed by atoms with Crippen molar-refractivity contribution in [1.82, 2.24) is 19.5 Å². The SMILES string of the molecule is Cc1ncnc2c1ncn2[C@@H]1O[C@H]2COP(=O)(O)OC2[C@H]1O. The minimum absolute atomic E-state index is 0.132.